The molecule has 26 heavy (non-hydrogen) atoms. The van der Waals surface area contributed by atoms with Gasteiger partial charge in [0.05, 0.1) is 16.8 Å². The van der Waals surface area contributed by atoms with Crippen molar-refractivity contribution in [3.63, 3.8) is 0 Å². The topological polar surface area (TPSA) is 54.9 Å². The molecule has 0 aliphatic carbocycles. The predicted octanol–water partition coefficient (Wildman–Crippen LogP) is 4.89. The number of thiazole rings is 1. The first-order valence-corrected chi connectivity index (χ1v) is 8.56. The fraction of sp³-hybridized carbons (Fsp3) is 0. The molecule has 2 aromatic carbocycles. The molecule has 0 atom stereocenters. The summed E-state index contributed by atoms with van der Waals surface area (Å²) in [7, 11) is 0. The van der Waals surface area contributed by atoms with Crippen LogP contribution in [0.25, 0.3) is 22.2 Å². The average Bonchev–Trinajstić information content (AvgIpc) is 3.09. The normalized spacial score (nSPS) is 10.8. The Morgan fingerprint density at radius 3 is 2.58 bits per heavy atom. The lowest BCUT2D eigenvalue weighted by Gasteiger charge is -2.05. The van der Waals surface area contributed by atoms with E-state index >= 15 is 0 Å². The molecule has 0 aliphatic rings. The molecule has 0 fully saturated rings. The molecule has 0 unspecified atom stereocenters. The summed E-state index contributed by atoms with van der Waals surface area (Å²) in [5.41, 5.74) is 1.08. The van der Waals surface area contributed by atoms with Gasteiger partial charge in [0.25, 0.3) is 5.91 Å². The monoisotopic (exact) mass is 367 g/mol. The molecular weight excluding hydrogens is 356 g/mol. The number of benzene rings is 2. The van der Waals surface area contributed by atoms with E-state index in [9.17, 15) is 13.6 Å². The van der Waals surface area contributed by atoms with Crippen molar-refractivity contribution in [3.8, 4) is 11.3 Å². The van der Waals surface area contributed by atoms with Crippen LogP contribution in [0, 0.1) is 11.6 Å². The number of aromatic nitrogens is 2. The molecule has 0 spiro atoms. The van der Waals surface area contributed by atoms with Gasteiger partial charge in [-0.15, -0.1) is 11.3 Å². The molecule has 0 radical (unpaired) electrons. The number of pyridine rings is 1. The van der Waals surface area contributed by atoms with Gasteiger partial charge in [0.15, 0.2) is 5.13 Å². The molecule has 7 heteroatoms. The average molecular weight is 367 g/mol. The second kappa shape index (κ2) is 6.61. The second-order valence-corrected chi connectivity index (χ2v) is 6.32. The fourth-order valence-corrected chi connectivity index (χ4v) is 3.35. The number of halogens is 2. The summed E-state index contributed by atoms with van der Waals surface area (Å²) in [6, 6.07) is 12.4. The van der Waals surface area contributed by atoms with E-state index in [2.05, 4.69) is 15.3 Å². The number of amides is 1. The van der Waals surface area contributed by atoms with Gasteiger partial charge in [-0.3, -0.25) is 15.1 Å². The highest BCUT2D eigenvalue weighted by molar-refractivity contribution is 7.14. The fourth-order valence-electron chi connectivity index (χ4n) is 2.65. The number of anilines is 1. The number of carbonyl (C=O) groups is 1. The van der Waals surface area contributed by atoms with Crippen molar-refractivity contribution in [2.24, 2.45) is 0 Å². The highest BCUT2D eigenvalue weighted by Crippen LogP contribution is 2.29. The lowest BCUT2D eigenvalue weighted by atomic mass is 10.1. The van der Waals surface area contributed by atoms with Gasteiger partial charge < -0.3 is 0 Å². The van der Waals surface area contributed by atoms with Crippen LogP contribution in [0.15, 0.2) is 60.1 Å². The van der Waals surface area contributed by atoms with Gasteiger partial charge in [0.1, 0.15) is 11.6 Å². The minimum absolute atomic E-state index is 0.139. The van der Waals surface area contributed by atoms with E-state index < -0.39 is 11.6 Å². The minimum Gasteiger partial charge on any atom is -0.298 e. The zero-order valence-electron chi connectivity index (χ0n) is 13.2. The zero-order chi connectivity index (χ0) is 18.1. The maximum absolute atomic E-state index is 13.9. The minimum atomic E-state index is -0.701. The van der Waals surface area contributed by atoms with E-state index in [1.54, 1.807) is 30.5 Å². The van der Waals surface area contributed by atoms with Crippen LogP contribution in [-0.2, 0) is 0 Å². The van der Waals surface area contributed by atoms with E-state index in [1.165, 1.54) is 23.6 Å². The number of hydrogen-bond donors (Lipinski definition) is 1. The molecule has 0 saturated carbocycles. The first-order valence-electron chi connectivity index (χ1n) is 7.68. The van der Waals surface area contributed by atoms with Crippen LogP contribution in [0.3, 0.4) is 0 Å². The summed E-state index contributed by atoms with van der Waals surface area (Å²) in [5, 5.41) is 5.15. The summed E-state index contributed by atoms with van der Waals surface area (Å²) < 4.78 is 27.8. The first kappa shape index (κ1) is 16.3. The lowest BCUT2D eigenvalue weighted by molar-refractivity contribution is 0.102. The Hall–Kier alpha value is -3.19. The molecule has 128 valence electrons. The Morgan fingerprint density at radius 1 is 1.00 bits per heavy atom. The van der Waals surface area contributed by atoms with Crippen LogP contribution in [0.5, 0.6) is 0 Å². The molecule has 4 nitrogen and oxygen atoms in total. The summed E-state index contributed by atoms with van der Waals surface area (Å²) in [6.07, 6.45) is 1.65. The van der Waals surface area contributed by atoms with Crippen LogP contribution < -0.4 is 5.32 Å². The summed E-state index contributed by atoms with van der Waals surface area (Å²) in [6.45, 7) is 0. The Balaban J connectivity index is 1.64. The van der Waals surface area contributed by atoms with Crippen molar-refractivity contribution in [2.75, 3.05) is 5.32 Å². The van der Waals surface area contributed by atoms with Crippen molar-refractivity contribution < 1.29 is 13.6 Å². The van der Waals surface area contributed by atoms with Crippen LogP contribution in [0.1, 0.15) is 10.4 Å². The summed E-state index contributed by atoms with van der Waals surface area (Å²) in [4.78, 5) is 20.9. The molecule has 0 aliphatic heterocycles. The molecule has 4 aromatic rings. The predicted molar refractivity (Wildman–Crippen MR) is 97.2 cm³/mol. The summed E-state index contributed by atoms with van der Waals surface area (Å²) >= 11 is 1.10. The van der Waals surface area contributed by atoms with Gasteiger partial charge in [-0.1, -0.05) is 18.2 Å². The third-order valence-electron chi connectivity index (χ3n) is 3.83. The van der Waals surface area contributed by atoms with Crippen molar-refractivity contribution in [1.82, 2.24) is 9.97 Å². The van der Waals surface area contributed by atoms with Gasteiger partial charge in [-0.25, -0.2) is 13.8 Å². The molecule has 1 amide bonds. The molecule has 2 heterocycles. The maximum atomic E-state index is 13.9. The van der Waals surface area contributed by atoms with Gasteiger partial charge >= 0.3 is 0 Å². The van der Waals surface area contributed by atoms with E-state index in [1.807, 2.05) is 6.07 Å². The molecule has 0 saturated heterocycles. The molecular formula is C19H11F2N3OS. The SMILES string of the molecule is O=C(Nc1nc(-c2c(F)cccc2F)cs1)c1cccc2ncccc12. The Kier molecular flexibility index (Phi) is 4.14. The number of carbonyl (C=O) groups excluding carboxylic acids is 1. The highest BCUT2D eigenvalue weighted by atomic mass is 32.1. The Bertz CT molecular complexity index is 1100. The van der Waals surface area contributed by atoms with Crippen LogP contribution in [-0.4, -0.2) is 15.9 Å². The first-order chi connectivity index (χ1) is 12.6. The van der Waals surface area contributed by atoms with Crippen molar-refractivity contribution in [3.05, 3.63) is 77.3 Å². The number of hydrogen-bond acceptors (Lipinski definition) is 4. The van der Waals surface area contributed by atoms with Crippen LogP contribution in [0.4, 0.5) is 13.9 Å². The van der Waals surface area contributed by atoms with Crippen molar-refractivity contribution in [1.29, 1.82) is 0 Å². The Morgan fingerprint density at radius 2 is 1.77 bits per heavy atom. The second-order valence-electron chi connectivity index (χ2n) is 5.46. The number of fused-ring (bicyclic) bond motifs is 1. The van der Waals surface area contributed by atoms with Crippen LogP contribution >= 0.6 is 11.3 Å². The van der Waals surface area contributed by atoms with E-state index in [-0.39, 0.29) is 22.3 Å². The zero-order valence-corrected chi connectivity index (χ0v) is 14.1. The van der Waals surface area contributed by atoms with E-state index in [4.69, 9.17) is 0 Å². The lowest BCUT2D eigenvalue weighted by Crippen LogP contribution is -2.12. The third-order valence-corrected chi connectivity index (χ3v) is 4.59. The molecule has 0 bridgehead atoms. The van der Waals surface area contributed by atoms with Crippen LogP contribution in [0.2, 0.25) is 0 Å². The molecule has 2 aromatic heterocycles. The van der Waals surface area contributed by atoms with Crippen molar-refractivity contribution >= 4 is 33.3 Å². The van der Waals surface area contributed by atoms with Gasteiger partial charge in [-0.05, 0) is 30.3 Å². The molecule has 1 N–H and O–H groups in total. The number of nitrogens with one attached hydrogen (secondary N) is 1. The van der Waals surface area contributed by atoms with E-state index in [0.29, 0.717) is 16.5 Å². The number of nitrogens with zero attached hydrogens (tertiary/aromatic N) is 2. The number of rotatable bonds is 3. The quantitative estimate of drug-likeness (QED) is 0.561. The third kappa shape index (κ3) is 2.93. The summed E-state index contributed by atoms with van der Waals surface area (Å²) in [5.74, 6) is -1.76. The Labute approximate surface area is 151 Å². The maximum Gasteiger partial charge on any atom is 0.258 e. The standard InChI is InChI=1S/C19H11F2N3OS/c20-13-6-2-7-14(21)17(13)16-10-26-19(23-16)24-18(25)12-4-1-8-15-11(12)5-3-9-22-15/h1-10H,(H,23,24,25). The van der Waals surface area contributed by atoms with E-state index in [0.717, 1.165) is 11.3 Å². The smallest absolute Gasteiger partial charge is 0.258 e. The van der Waals surface area contributed by atoms with Gasteiger partial charge in [0.2, 0.25) is 0 Å². The largest absolute Gasteiger partial charge is 0.298 e. The van der Waals surface area contributed by atoms with Crippen molar-refractivity contribution in [2.45, 2.75) is 0 Å². The van der Waals surface area contributed by atoms with Gasteiger partial charge in [-0.2, -0.15) is 0 Å². The highest BCUT2D eigenvalue weighted by Gasteiger charge is 2.16. The molecule has 4 rings (SSSR count). The van der Waals surface area contributed by atoms with Gasteiger partial charge in [0, 0.05) is 22.5 Å².